The molecule has 0 aliphatic carbocycles. The first-order chi connectivity index (χ1) is 8.91. The topological polar surface area (TPSA) is 119 Å². The third kappa shape index (κ3) is 4.86. The van der Waals surface area contributed by atoms with E-state index in [4.69, 9.17) is 11.5 Å². The maximum absolute atomic E-state index is 12.1. The van der Waals surface area contributed by atoms with Crippen LogP contribution in [0.1, 0.15) is 32.6 Å². The molecule has 5 N–H and O–H groups in total. The molecular weight excluding hydrogens is 248 g/mol. The minimum absolute atomic E-state index is 0.112. The number of carbonyl (C=O) groups excluding carboxylic acids is 3. The molecule has 0 aromatic carbocycles. The van der Waals surface area contributed by atoms with E-state index in [-0.39, 0.29) is 12.3 Å². The lowest BCUT2D eigenvalue weighted by molar-refractivity contribution is -0.137. The van der Waals surface area contributed by atoms with Crippen LogP contribution in [-0.2, 0) is 14.4 Å². The van der Waals surface area contributed by atoms with Crippen molar-refractivity contribution in [3.63, 3.8) is 0 Å². The van der Waals surface area contributed by atoms with Gasteiger partial charge in [-0.15, -0.1) is 0 Å². The van der Waals surface area contributed by atoms with Crippen molar-refractivity contribution in [2.75, 3.05) is 13.1 Å². The van der Waals surface area contributed by atoms with E-state index in [1.807, 2.05) is 0 Å². The number of hydrogen-bond donors (Lipinski definition) is 3. The molecule has 0 bridgehead atoms. The van der Waals surface area contributed by atoms with Gasteiger partial charge in [-0.3, -0.25) is 14.4 Å². The minimum atomic E-state index is -1.01. The van der Waals surface area contributed by atoms with Crippen LogP contribution in [0.25, 0.3) is 0 Å². The molecule has 19 heavy (non-hydrogen) atoms. The number of likely N-dealkylation sites (tertiary alicyclic amines) is 1. The van der Waals surface area contributed by atoms with Gasteiger partial charge < -0.3 is 21.7 Å². The first kappa shape index (κ1) is 15.4. The number of carbonyl (C=O) groups is 3. The van der Waals surface area contributed by atoms with Crippen molar-refractivity contribution in [2.45, 2.75) is 44.7 Å². The molecule has 3 amide bonds. The number of piperidine rings is 1. The lowest BCUT2D eigenvalue weighted by Crippen LogP contribution is -2.52. The zero-order chi connectivity index (χ0) is 14.4. The zero-order valence-corrected chi connectivity index (χ0v) is 11.2. The fraction of sp³-hybridized carbons (Fsp3) is 0.750. The summed E-state index contributed by atoms with van der Waals surface area (Å²) in [5.41, 5.74) is 10.5. The highest BCUT2D eigenvalue weighted by atomic mass is 16.2. The van der Waals surface area contributed by atoms with E-state index in [0.29, 0.717) is 0 Å². The average molecular weight is 270 g/mol. The lowest BCUT2D eigenvalue weighted by Gasteiger charge is -2.29. The van der Waals surface area contributed by atoms with Gasteiger partial charge in [0.05, 0.1) is 12.5 Å². The second kappa shape index (κ2) is 7.08. The summed E-state index contributed by atoms with van der Waals surface area (Å²) in [5, 5.41) is 2.52. The number of hydrogen-bond acceptors (Lipinski definition) is 4. The Bertz CT molecular complexity index is 353. The van der Waals surface area contributed by atoms with Gasteiger partial charge in [0.1, 0.15) is 6.04 Å². The highest BCUT2D eigenvalue weighted by Crippen LogP contribution is 2.09. The van der Waals surface area contributed by atoms with Gasteiger partial charge in [0, 0.05) is 13.1 Å². The molecule has 0 aromatic rings. The van der Waals surface area contributed by atoms with Gasteiger partial charge in [-0.05, 0) is 26.2 Å². The molecule has 2 atom stereocenters. The minimum Gasteiger partial charge on any atom is -0.370 e. The highest BCUT2D eigenvalue weighted by Gasteiger charge is 2.25. The van der Waals surface area contributed by atoms with Crippen LogP contribution in [0.4, 0.5) is 0 Å². The van der Waals surface area contributed by atoms with Crippen LogP contribution >= 0.6 is 0 Å². The standard InChI is InChI=1S/C12H22N4O3/c1-8(12(19)16-5-3-2-4-6-16)15-11(18)9(13)7-10(14)17/h8-9H,2-7,13H2,1H3,(H2,14,17)(H,15,18). The summed E-state index contributed by atoms with van der Waals surface area (Å²) in [6.45, 7) is 3.07. The fourth-order valence-corrected chi connectivity index (χ4v) is 2.08. The molecular formula is C12H22N4O3. The summed E-state index contributed by atoms with van der Waals surface area (Å²) in [6, 6.07) is -1.64. The summed E-state index contributed by atoms with van der Waals surface area (Å²) >= 11 is 0. The predicted molar refractivity (Wildman–Crippen MR) is 69.8 cm³/mol. The molecule has 0 saturated carbocycles. The number of primary amides is 1. The van der Waals surface area contributed by atoms with Crippen LogP contribution in [0.15, 0.2) is 0 Å². The Labute approximate surface area is 112 Å². The van der Waals surface area contributed by atoms with Gasteiger partial charge in [0.15, 0.2) is 0 Å². The van der Waals surface area contributed by atoms with E-state index in [1.165, 1.54) is 0 Å². The zero-order valence-electron chi connectivity index (χ0n) is 11.2. The van der Waals surface area contributed by atoms with Crippen LogP contribution < -0.4 is 16.8 Å². The smallest absolute Gasteiger partial charge is 0.244 e. The Morgan fingerprint density at radius 1 is 1.21 bits per heavy atom. The summed E-state index contributed by atoms with van der Waals surface area (Å²) in [4.78, 5) is 36.1. The maximum Gasteiger partial charge on any atom is 0.244 e. The van der Waals surface area contributed by atoms with E-state index in [2.05, 4.69) is 5.32 Å². The monoisotopic (exact) mass is 270 g/mol. The molecule has 1 rings (SSSR count). The number of nitrogens with one attached hydrogen (secondary N) is 1. The lowest BCUT2D eigenvalue weighted by atomic mass is 10.1. The Morgan fingerprint density at radius 2 is 1.79 bits per heavy atom. The van der Waals surface area contributed by atoms with Crippen LogP contribution in [0.3, 0.4) is 0 Å². The first-order valence-electron chi connectivity index (χ1n) is 6.55. The van der Waals surface area contributed by atoms with Crippen molar-refractivity contribution in [3.05, 3.63) is 0 Å². The van der Waals surface area contributed by atoms with Crippen molar-refractivity contribution in [3.8, 4) is 0 Å². The quantitative estimate of drug-likeness (QED) is 0.575. The van der Waals surface area contributed by atoms with E-state index >= 15 is 0 Å². The number of nitrogens with zero attached hydrogens (tertiary/aromatic N) is 1. The Kier molecular flexibility index (Phi) is 5.75. The van der Waals surface area contributed by atoms with Gasteiger partial charge in [0.2, 0.25) is 17.7 Å². The summed E-state index contributed by atoms with van der Waals surface area (Å²) in [6.07, 6.45) is 2.89. The van der Waals surface area contributed by atoms with Gasteiger partial charge in [-0.25, -0.2) is 0 Å². The molecule has 108 valence electrons. The van der Waals surface area contributed by atoms with Crippen molar-refractivity contribution in [2.24, 2.45) is 11.5 Å². The summed E-state index contributed by atoms with van der Waals surface area (Å²) in [5.74, 6) is -1.28. The number of amides is 3. The third-order valence-electron chi connectivity index (χ3n) is 3.15. The SMILES string of the molecule is CC(NC(=O)C(N)CC(N)=O)C(=O)N1CCCCC1. The van der Waals surface area contributed by atoms with Crippen LogP contribution in [0.5, 0.6) is 0 Å². The number of nitrogens with two attached hydrogens (primary N) is 2. The predicted octanol–water partition coefficient (Wildman–Crippen LogP) is -1.29. The molecule has 1 fully saturated rings. The van der Waals surface area contributed by atoms with Crippen molar-refractivity contribution in [1.29, 1.82) is 0 Å². The Balaban J connectivity index is 2.44. The fourth-order valence-electron chi connectivity index (χ4n) is 2.08. The van der Waals surface area contributed by atoms with E-state index < -0.39 is 23.9 Å². The van der Waals surface area contributed by atoms with Gasteiger partial charge in [-0.2, -0.15) is 0 Å². The van der Waals surface area contributed by atoms with Crippen molar-refractivity contribution >= 4 is 17.7 Å². The average Bonchev–Trinajstić information content (AvgIpc) is 2.37. The molecule has 1 saturated heterocycles. The molecule has 0 radical (unpaired) electrons. The van der Waals surface area contributed by atoms with Crippen LogP contribution in [-0.4, -0.2) is 47.8 Å². The molecule has 2 unspecified atom stereocenters. The van der Waals surface area contributed by atoms with Crippen LogP contribution in [0, 0.1) is 0 Å². The molecule has 0 spiro atoms. The molecule has 1 aliphatic heterocycles. The second-order valence-corrected chi connectivity index (χ2v) is 4.89. The largest absolute Gasteiger partial charge is 0.370 e. The van der Waals surface area contributed by atoms with Gasteiger partial charge >= 0.3 is 0 Å². The first-order valence-corrected chi connectivity index (χ1v) is 6.55. The molecule has 1 heterocycles. The Hall–Kier alpha value is -1.63. The molecule has 0 aromatic heterocycles. The summed E-state index contributed by atoms with van der Waals surface area (Å²) < 4.78 is 0. The van der Waals surface area contributed by atoms with E-state index in [0.717, 1.165) is 32.4 Å². The molecule has 7 nitrogen and oxygen atoms in total. The van der Waals surface area contributed by atoms with E-state index in [1.54, 1.807) is 11.8 Å². The van der Waals surface area contributed by atoms with Crippen molar-refractivity contribution in [1.82, 2.24) is 10.2 Å². The Morgan fingerprint density at radius 3 is 2.32 bits per heavy atom. The highest BCUT2D eigenvalue weighted by molar-refractivity contribution is 5.91. The third-order valence-corrected chi connectivity index (χ3v) is 3.15. The normalized spacial score (nSPS) is 18.5. The molecule has 7 heteroatoms. The second-order valence-electron chi connectivity index (χ2n) is 4.89. The van der Waals surface area contributed by atoms with Crippen molar-refractivity contribution < 1.29 is 14.4 Å². The van der Waals surface area contributed by atoms with E-state index in [9.17, 15) is 14.4 Å². The summed E-state index contributed by atoms with van der Waals surface area (Å²) in [7, 11) is 0. The van der Waals surface area contributed by atoms with Gasteiger partial charge in [-0.1, -0.05) is 0 Å². The molecule has 1 aliphatic rings. The maximum atomic E-state index is 12.1. The number of rotatable bonds is 5. The van der Waals surface area contributed by atoms with Crippen LogP contribution in [0.2, 0.25) is 0 Å². The van der Waals surface area contributed by atoms with Gasteiger partial charge in [0.25, 0.3) is 0 Å².